The highest BCUT2D eigenvalue weighted by molar-refractivity contribution is 6.18. The van der Waals surface area contributed by atoms with Crippen molar-refractivity contribution in [2.75, 3.05) is 6.54 Å². The minimum Gasteiger partial charge on any atom is -0.309 e. The van der Waals surface area contributed by atoms with E-state index in [1.54, 1.807) is 6.08 Å². The molecule has 0 saturated carbocycles. The molecule has 2 unspecified atom stereocenters. The molecule has 0 bridgehead atoms. The molecule has 0 spiro atoms. The van der Waals surface area contributed by atoms with Gasteiger partial charge >= 0.3 is 0 Å². The van der Waals surface area contributed by atoms with Gasteiger partial charge in [0.05, 0.1) is 5.92 Å². The number of hydrogen-bond acceptors (Lipinski definition) is 3. The molecule has 270 valence electrons. The third kappa shape index (κ3) is 14.7. The molecule has 0 saturated heterocycles. The Kier molecular flexibility index (Phi) is 20.1. The van der Waals surface area contributed by atoms with Crippen molar-refractivity contribution in [2.24, 2.45) is 17.8 Å². The van der Waals surface area contributed by atoms with E-state index < -0.39 is 0 Å². The summed E-state index contributed by atoms with van der Waals surface area (Å²) in [5.74, 6) is 1.36. The summed E-state index contributed by atoms with van der Waals surface area (Å²) < 4.78 is 0. The molecule has 1 amide bonds. The van der Waals surface area contributed by atoms with Crippen molar-refractivity contribution in [3.05, 3.63) is 47.7 Å². The minimum absolute atomic E-state index is 0.0146. The molecule has 2 atom stereocenters. The lowest BCUT2D eigenvalue weighted by atomic mass is 9.70. The number of ketones is 2. The number of rotatable bonds is 28. The minimum atomic E-state index is -0.387. The van der Waals surface area contributed by atoms with Gasteiger partial charge in [-0.1, -0.05) is 141 Å². The Morgan fingerprint density at radius 2 is 0.979 bits per heavy atom. The number of carbonyl (C=O) groups is 3. The van der Waals surface area contributed by atoms with Crippen LogP contribution in [-0.2, 0) is 14.4 Å². The highest BCUT2D eigenvalue weighted by Crippen LogP contribution is 2.43. The molecule has 4 nitrogen and oxygen atoms in total. The smallest absolute Gasteiger partial charge is 0.251 e. The lowest BCUT2D eigenvalue weighted by Crippen LogP contribution is -2.24. The Balaban J connectivity index is 1.50. The van der Waals surface area contributed by atoms with Gasteiger partial charge in [0.15, 0.2) is 11.6 Å². The van der Waals surface area contributed by atoms with Crippen LogP contribution >= 0.6 is 0 Å². The first-order valence-electron chi connectivity index (χ1n) is 20.6. The van der Waals surface area contributed by atoms with Crippen LogP contribution in [0.4, 0.5) is 0 Å². The van der Waals surface area contributed by atoms with Crippen LogP contribution in [0.25, 0.3) is 0 Å². The molecule has 1 aliphatic heterocycles. The van der Waals surface area contributed by atoms with Crippen LogP contribution in [0.2, 0.25) is 0 Å². The van der Waals surface area contributed by atoms with E-state index in [9.17, 15) is 14.4 Å². The zero-order valence-electron chi connectivity index (χ0n) is 31.2. The van der Waals surface area contributed by atoms with Crippen molar-refractivity contribution in [1.82, 2.24) is 4.90 Å². The second-order valence-electron chi connectivity index (χ2n) is 15.4. The molecule has 0 fully saturated rings. The Hall–Kier alpha value is -2.23. The first-order chi connectivity index (χ1) is 23.4. The lowest BCUT2D eigenvalue weighted by Gasteiger charge is -2.36. The fourth-order valence-corrected chi connectivity index (χ4v) is 8.43. The molecule has 0 N–H and O–H groups in total. The van der Waals surface area contributed by atoms with Crippen LogP contribution in [0.5, 0.6) is 0 Å². The molecule has 0 aromatic rings. The molecule has 0 aromatic heterocycles. The summed E-state index contributed by atoms with van der Waals surface area (Å²) in [5, 5.41) is 0. The number of allylic oxidation sites excluding steroid dienone is 5. The van der Waals surface area contributed by atoms with Crippen molar-refractivity contribution in [2.45, 2.75) is 187 Å². The van der Waals surface area contributed by atoms with Crippen LogP contribution in [0.1, 0.15) is 187 Å². The molecule has 4 heteroatoms. The maximum absolute atomic E-state index is 12.0. The van der Waals surface area contributed by atoms with Gasteiger partial charge in [-0.3, -0.25) is 14.4 Å². The van der Waals surface area contributed by atoms with Gasteiger partial charge in [0, 0.05) is 18.3 Å². The van der Waals surface area contributed by atoms with Crippen LogP contribution in [0.3, 0.4) is 0 Å². The summed E-state index contributed by atoms with van der Waals surface area (Å²) in [6.07, 6.45) is 41.0. The van der Waals surface area contributed by atoms with Crippen molar-refractivity contribution < 1.29 is 14.4 Å². The summed E-state index contributed by atoms with van der Waals surface area (Å²) in [5.41, 5.74) is 4.54. The van der Waals surface area contributed by atoms with Gasteiger partial charge in [0.2, 0.25) is 0 Å². The number of nitrogens with zero attached hydrogens (tertiary/aromatic N) is 1. The molecule has 48 heavy (non-hydrogen) atoms. The van der Waals surface area contributed by atoms with Crippen LogP contribution < -0.4 is 0 Å². The quantitative estimate of drug-likeness (QED) is 0.0476. The molecule has 0 aromatic carbocycles. The Bertz CT molecular complexity index is 1040. The fourth-order valence-electron chi connectivity index (χ4n) is 8.43. The van der Waals surface area contributed by atoms with E-state index in [1.807, 2.05) is 22.1 Å². The van der Waals surface area contributed by atoms with E-state index in [1.165, 1.54) is 160 Å². The summed E-state index contributed by atoms with van der Waals surface area (Å²) >= 11 is 0. The van der Waals surface area contributed by atoms with Gasteiger partial charge in [0.25, 0.3) is 5.91 Å². The summed E-state index contributed by atoms with van der Waals surface area (Å²) in [7, 11) is 0. The standard InChI is InChI=1S/C44H71NO3/c1-4-6-8-10-13-19-25-38-35-39(26-20-14-11-17-23-33-45-36(3)29-32-44(45)48)40(34-37(38)24-18-12-9-7-5-2)27-21-15-16-22-28-41-42(46)30-31-43(41)47/h29-32,39-41H,3-28,33-35H2,1-2H3. The second-order valence-corrected chi connectivity index (χ2v) is 15.4. The molecular weight excluding hydrogens is 590 g/mol. The van der Waals surface area contributed by atoms with Gasteiger partial charge in [0.1, 0.15) is 0 Å². The van der Waals surface area contributed by atoms with E-state index in [-0.39, 0.29) is 23.4 Å². The van der Waals surface area contributed by atoms with Crippen LogP contribution in [0, 0.1) is 17.8 Å². The largest absolute Gasteiger partial charge is 0.309 e. The predicted molar refractivity (Wildman–Crippen MR) is 203 cm³/mol. The average molecular weight is 662 g/mol. The number of hydrogen-bond donors (Lipinski definition) is 0. The zero-order chi connectivity index (χ0) is 34.4. The average Bonchev–Trinajstić information content (AvgIpc) is 3.58. The normalized spacial score (nSPS) is 20.0. The molecule has 2 aliphatic carbocycles. The molecule has 3 rings (SSSR count). The van der Waals surface area contributed by atoms with E-state index in [0.29, 0.717) is 0 Å². The van der Waals surface area contributed by atoms with Crippen molar-refractivity contribution in [3.63, 3.8) is 0 Å². The monoisotopic (exact) mass is 662 g/mol. The van der Waals surface area contributed by atoms with Gasteiger partial charge in [-0.05, 0) is 94.3 Å². The Morgan fingerprint density at radius 3 is 1.46 bits per heavy atom. The maximum atomic E-state index is 12.0. The molecular formula is C44H71NO3. The zero-order valence-corrected chi connectivity index (χ0v) is 31.2. The Morgan fingerprint density at radius 1 is 0.542 bits per heavy atom. The lowest BCUT2D eigenvalue weighted by molar-refractivity contribution is -0.126. The third-order valence-electron chi connectivity index (χ3n) is 11.5. The summed E-state index contributed by atoms with van der Waals surface area (Å²) in [4.78, 5) is 37.7. The van der Waals surface area contributed by atoms with Gasteiger partial charge in [-0.2, -0.15) is 0 Å². The molecule has 1 heterocycles. The summed E-state index contributed by atoms with van der Waals surface area (Å²) in [6.45, 7) is 9.41. The highest BCUT2D eigenvalue weighted by atomic mass is 16.2. The molecule has 0 radical (unpaired) electrons. The van der Waals surface area contributed by atoms with E-state index >= 15 is 0 Å². The third-order valence-corrected chi connectivity index (χ3v) is 11.5. The highest BCUT2D eigenvalue weighted by Gasteiger charge is 2.30. The first-order valence-corrected chi connectivity index (χ1v) is 20.6. The van der Waals surface area contributed by atoms with Crippen molar-refractivity contribution in [1.29, 1.82) is 0 Å². The van der Waals surface area contributed by atoms with Crippen molar-refractivity contribution >= 4 is 17.5 Å². The van der Waals surface area contributed by atoms with E-state index in [2.05, 4.69) is 20.4 Å². The maximum Gasteiger partial charge on any atom is 0.251 e. The van der Waals surface area contributed by atoms with E-state index in [4.69, 9.17) is 0 Å². The molecule has 3 aliphatic rings. The number of amides is 1. The SMILES string of the molecule is C=C1C=CC(=O)N1CCCCCCCC1CC(CCCCCCCC)=C(CCCCCCC)CC1CCCCCCC1C(=O)C=CC1=O. The fraction of sp³-hybridized carbons (Fsp3) is 0.750. The van der Waals surface area contributed by atoms with Gasteiger partial charge < -0.3 is 4.90 Å². The van der Waals surface area contributed by atoms with Gasteiger partial charge in [-0.15, -0.1) is 0 Å². The second kappa shape index (κ2) is 24.0. The van der Waals surface area contributed by atoms with Gasteiger partial charge in [-0.25, -0.2) is 0 Å². The van der Waals surface area contributed by atoms with E-state index in [0.717, 1.165) is 49.8 Å². The van der Waals surface area contributed by atoms with Crippen LogP contribution in [0.15, 0.2) is 47.7 Å². The summed E-state index contributed by atoms with van der Waals surface area (Å²) in [6, 6.07) is 0. The topological polar surface area (TPSA) is 54.5 Å². The predicted octanol–water partition coefficient (Wildman–Crippen LogP) is 12.3. The van der Waals surface area contributed by atoms with Crippen molar-refractivity contribution in [3.8, 4) is 0 Å². The first kappa shape index (κ1) is 40.2. The number of unbranched alkanes of at least 4 members (excludes halogenated alkanes) is 16. The number of carbonyl (C=O) groups excluding carboxylic acids is 3. The van der Waals surface area contributed by atoms with Crippen LogP contribution in [-0.4, -0.2) is 28.9 Å². The Labute approximate surface area is 295 Å².